The summed E-state index contributed by atoms with van der Waals surface area (Å²) in [6.07, 6.45) is 0. The van der Waals surface area contributed by atoms with Crippen molar-refractivity contribution in [3.8, 4) is 55.6 Å². The van der Waals surface area contributed by atoms with Crippen LogP contribution in [0.5, 0.6) is 0 Å². The molecule has 0 aliphatic heterocycles. The Balaban J connectivity index is 1.55. The highest BCUT2D eigenvalue weighted by Gasteiger charge is 2.21. The summed E-state index contributed by atoms with van der Waals surface area (Å²) in [5.41, 5.74) is 12.3. The van der Waals surface area contributed by atoms with Crippen molar-refractivity contribution in [2.75, 3.05) is 0 Å². The third-order valence-corrected chi connectivity index (χ3v) is 8.68. The monoisotopic (exact) mass is 558 g/mol. The predicted molar refractivity (Wildman–Crippen MR) is 189 cm³/mol. The van der Waals surface area contributed by atoms with Crippen LogP contribution in [-0.2, 0) is 0 Å². The van der Waals surface area contributed by atoms with Gasteiger partial charge in [-0.2, -0.15) is 0 Å². The van der Waals surface area contributed by atoms with Crippen LogP contribution in [0.25, 0.3) is 77.2 Å². The number of fused-ring (bicyclic) bond motifs is 2. The summed E-state index contributed by atoms with van der Waals surface area (Å²) in [7, 11) is 0. The maximum absolute atomic E-state index is 2.44. The lowest BCUT2D eigenvalue weighted by Gasteiger charge is -2.22. The van der Waals surface area contributed by atoms with E-state index in [1.54, 1.807) is 0 Å². The molecule has 0 fully saturated rings. The minimum atomic E-state index is 1.21. The number of hydrogen-bond donors (Lipinski definition) is 0. The minimum absolute atomic E-state index is 1.21. The van der Waals surface area contributed by atoms with Gasteiger partial charge in [0.2, 0.25) is 0 Å². The van der Waals surface area contributed by atoms with Crippen LogP contribution in [0, 0.1) is 0 Å². The molecule has 44 heavy (non-hydrogen) atoms. The van der Waals surface area contributed by atoms with E-state index < -0.39 is 0 Å². The summed E-state index contributed by atoms with van der Waals surface area (Å²) in [4.78, 5) is 0. The van der Waals surface area contributed by atoms with Crippen LogP contribution in [-0.4, -0.2) is 0 Å². The molecule has 206 valence electrons. The fourth-order valence-electron chi connectivity index (χ4n) is 6.71. The van der Waals surface area contributed by atoms with Crippen molar-refractivity contribution < 1.29 is 0 Å². The molecular formula is C44H30. The first-order valence-electron chi connectivity index (χ1n) is 15.2. The Bertz CT molecular complexity index is 2170. The van der Waals surface area contributed by atoms with Gasteiger partial charge in [-0.15, -0.1) is 0 Å². The van der Waals surface area contributed by atoms with Gasteiger partial charge in [-0.25, -0.2) is 0 Å². The standard InChI is InChI=1S/C44H30/c1-5-17-31(18-6-1)39-29-41(33-21-9-3-10-22-33)42(30-40(39)32-19-7-2-8-20-32)44-37-27-15-13-25-35(37)43(34-23-11-4-12-24-34)36-26-14-16-28-38(36)44/h1-30H. The fraction of sp³-hybridized carbons (Fsp3) is 0. The highest BCUT2D eigenvalue weighted by atomic mass is 14.2. The Morgan fingerprint density at radius 3 is 0.864 bits per heavy atom. The van der Waals surface area contributed by atoms with Gasteiger partial charge < -0.3 is 0 Å². The molecule has 0 amide bonds. The molecular weight excluding hydrogens is 528 g/mol. The van der Waals surface area contributed by atoms with E-state index in [-0.39, 0.29) is 0 Å². The number of hydrogen-bond acceptors (Lipinski definition) is 0. The summed E-state index contributed by atoms with van der Waals surface area (Å²) in [6.45, 7) is 0. The van der Waals surface area contributed by atoms with Crippen molar-refractivity contribution in [2.45, 2.75) is 0 Å². The van der Waals surface area contributed by atoms with Gasteiger partial charge in [-0.05, 0) is 89.3 Å². The van der Waals surface area contributed by atoms with Crippen molar-refractivity contribution >= 4 is 21.5 Å². The van der Waals surface area contributed by atoms with E-state index >= 15 is 0 Å². The summed E-state index contributed by atoms with van der Waals surface area (Å²) in [6, 6.07) is 65.9. The second-order valence-corrected chi connectivity index (χ2v) is 11.2. The second kappa shape index (κ2) is 11.2. The van der Waals surface area contributed by atoms with E-state index in [4.69, 9.17) is 0 Å². The normalized spacial score (nSPS) is 11.2. The lowest BCUT2D eigenvalue weighted by Crippen LogP contribution is -1.95. The van der Waals surface area contributed by atoms with E-state index in [0.29, 0.717) is 0 Å². The van der Waals surface area contributed by atoms with Crippen LogP contribution in [0.2, 0.25) is 0 Å². The average molecular weight is 559 g/mol. The topological polar surface area (TPSA) is 0 Å². The SMILES string of the molecule is c1ccc(-c2cc(-c3ccccc3)c(-c3c4ccccc4c(-c4ccccc4)c4ccccc34)cc2-c2ccccc2)cc1. The Morgan fingerprint density at radius 1 is 0.205 bits per heavy atom. The van der Waals surface area contributed by atoms with Gasteiger partial charge in [0, 0.05) is 0 Å². The van der Waals surface area contributed by atoms with Crippen molar-refractivity contribution in [3.05, 3.63) is 182 Å². The molecule has 0 heterocycles. The molecule has 8 rings (SSSR count). The largest absolute Gasteiger partial charge is 0.0622 e. The lowest BCUT2D eigenvalue weighted by atomic mass is 9.81. The molecule has 0 atom stereocenters. The van der Waals surface area contributed by atoms with E-state index in [9.17, 15) is 0 Å². The third-order valence-electron chi connectivity index (χ3n) is 8.68. The van der Waals surface area contributed by atoms with Crippen LogP contribution in [0.1, 0.15) is 0 Å². The quantitative estimate of drug-likeness (QED) is 0.184. The maximum atomic E-state index is 2.44. The molecule has 0 unspecified atom stereocenters. The van der Waals surface area contributed by atoms with Crippen LogP contribution in [0.15, 0.2) is 182 Å². The van der Waals surface area contributed by atoms with E-state index in [2.05, 4.69) is 182 Å². The Labute approximate surface area is 258 Å². The Hall–Kier alpha value is -5.72. The molecule has 0 aromatic heterocycles. The second-order valence-electron chi connectivity index (χ2n) is 11.2. The van der Waals surface area contributed by atoms with Crippen LogP contribution in [0.4, 0.5) is 0 Å². The van der Waals surface area contributed by atoms with Gasteiger partial charge in [-0.3, -0.25) is 0 Å². The summed E-state index contributed by atoms with van der Waals surface area (Å²) >= 11 is 0. The van der Waals surface area contributed by atoms with Crippen molar-refractivity contribution in [3.63, 3.8) is 0 Å². The van der Waals surface area contributed by atoms with Crippen LogP contribution < -0.4 is 0 Å². The predicted octanol–water partition coefficient (Wildman–Crippen LogP) is 12.3. The average Bonchev–Trinajstić information content (AvgIpc) is 3.11. The fourth-order valence-corrected chi connectivity index (χ4v) is 6.71. The van der Waals surface area contributed by atoms with Gasteiger partial charge in [0.25, 0.3) is 0 Å². The summed E-state index contributed by atoms with van der Waals surface area (Å²) in [5, 5.41) is 5.04. The first kappa shape index (κ1) is 25.9. The van der Waals surface area contributed by atoms with Gasteiger partial charge >= 0.3 is 0 Å². The van der Waals surface area contributed by atoms with Crippen LogP contribution >= 0.6 is 0 Å². The van der Waals surface area contributed by atoms with Crippen LogP contribution in [0.3, 0.4) is 0 Å². The highest BCUT2D eigenvalue weighted by Crippen LogP contribution is 2.48. The third kappa shape index (κ3) is 4.49. The molecule has 8 aromatic carbocycles. The zero-order valence-corrected chi connectivity index (χ0v) is 24.3. The Kier molecular flexibility index (Phi) is 6.59. The smallest absolute Gasteiger partial charge is 0.00199 e. The molecule has 0 N–H and O–H groups in total. The van der Waals surface area contributed by atoms with E-state index in [0.717, 1.165) is 0 Å². The minimum Gasteiger partial charge on any atom is -0.0622 e. The highest BCUT2D eigenvalue weighted by molar-refractivity contribution is 6.22. The molecule has 0 saturated heterocycles. The number of benzene rings is 8. The molecule has 8 aromatic rings. The molecule has 0 aliphatic carbocycles. The molecule has 0 aliphatic rings. The Morgan fingerprint density at radius 2 is 0.477 bits per heavy atom. The zero-order valence-electron chi connectivity index (χ0n) is 24.3. The van der Waals surface area contributed by atoms with E-state index in [1.807, 2.05) is 0 Å². The van der Waals surface area contributed by atoms with Gasteiger partial charge in [0.1, 0.15) is 0 Å². The van der Waals surface area contributed by atoms with Crippen molar-refractivity contribution in [1.82, 2.24) is 0 Å². The summed E-state index contributed by atoms with van der Waals surface area (Å²) in [5.74, 6) is 0. The molecule has 0 nitrogen and oxygen atoms in total. The first-order chi connectivity index (χ1) is 21.9. The van der Waals surface area contributed by atoms with Gasteiger partial charge in [-0.1, -0.05) is 170 Å². The van der Waals surface area contributed by atoms with Gasteiger partial charge in [0.15, 0.2) is 0 Å². The zero-order chi connectivity index (χ0) is 29.3. The van der Waals surface area contributed by atoms with Gasteiger partial charge in [0.05, 0.1) is 0 Å². The molecule has 0 bridgehead atoms. The van der Waals surface area contributed by atoms with Crippen molar-refractivity contribution in [2.24, 2.45) is 0 Å². The molecule has 0 spiro atoms. The van der Waals surface area contributed by atoms with Crippen molar-refractivity contribution in [1.29, 1.82) is 0 Å². The maximum Gasteiger partial charge on any atom is -0.00199 e. The summed E-state index contributed by atoms with van der Waals surface area (Å²) < 4.78 is 0. The van der Waals surface area contributed by atoms with E-state index in [1.165, 1.54) is 77.2 Å². The number of rotatable bonds is 5. The molecule has 0 radical (unpaired) electrons. The lowest BCUT2D eigenvalue weighted by molar-refractivity contribution is 1.56. The molecule has 0 heteroatoms. The first-order valence-corrected chi connectivity index (χ1v) is 15.2. The molecule has 0 saturated carbocycles.